The van der Waals surface area contributed by atoms with Gasteiger partial charge in [0.2, 0.25) is 0 Å². The Hall–Kier alpha value is -0.300. The monoisotopic (exact) mass is 205 g/mol. The first kappa shape index (κ1) is 9.89. The number of hydrogen-bond donors (Lipinski definition) is 1. The molecule has 1 heteroatoms. The second kappa shape index (κ2) is 3.93. The van der Waals surface area contributed by atoms with Crippen molar-refractivity contribution in [2.45, 2.75) is 57.4 Å². The minimum atomic E-state index is 0.462. The summed E-state index contributed by atoms with van der Waals surface area (Å²) in [6, 6.07) is 0.462. The molecule has 3 aliphatic carbocycles. The summed E-state index contributed by atoms with van der Waals surface area (Å²) in [6.07, 6.45) is 13.8. The molecule has 0 aromatic carbocycles. The molecule has 0 amide bonds. The minimum Gasteiger partial charge on any atom is -0.327 e. The number of fused-ring (bicyclic) bond motifs is 2. The van der Waals surface area contributed by atoms with Gasteiger partial charge in [-0.2, -0.15) is 0 Å². The van der Waals surface area contributed by atoms with Crippen molar-refractivity contribution in [2.75, 3.05) is 0 Å². The van der Waals surface area contributed by atoms with Crippen LogP contribution in [0, 0.1) is 17.8 Å². The number of rotatable bonds is 1. The molecule has 2 N–H and O–H groups in total. The highest BCUT2D eigenvalue weighted by Gasteiger charge is 2.38. The van der Waals surface area contributed by atoms with E-state index in [0.29, 0.717) is 6.04 Å². The van der Waals surface area contributed by atoms with Crippen LogP contribution in [0.4, 0.5) is 0 Å². The second-order valence-electron chi connectivity index (χ2n) is 6.02. The summed E-state index contributed by atoms with van der Waals surface area (Å²) in [5, 5.41) is 0. The van der Waals surface area contributed by atoms with E-state index in [1.165, 1.54) is 51.4 Å². The predicted octanol–water partition coefficient (Wildman–Crippen LogP) is 3.25. The van der Waals surface area contributed by atoms with Gasteiger partial charge in [0.05, 0.1) is 0 Å². The van der Waals surface area contributed by atoms with Crippen LogP contribution in [0.5, 0.6) is 0 Å². The van der Waals surface area contributed by atoms with Gasteiger partial charge < -0.3 is 5.73 Å². The quantitative estimate of drug-likeness (QED) is 0.653. The van der Waals surface area contributed by atoms with E-state index in [9.17, 15) is 0 Å². The van der Waals surface area contributed by atoms with Gasteiger partial charge in [0, 0.05) is 6.04 Å². The Morgan fingerprint density at radius 3 is 2.73 bits per heavy atom. The van der Waals surface area contributed by atoms with E-state index in [1.807, 2.05) is 0 Å². The summed E-state index contributed by atoms with van der Waals surface area (Å²) in [5.41, 5.74) is 7.72. The fourth-order valence-electron chi connectivity index (χ4n) is 4.08. The van der Waals surface area contributed by atoms with E-state index in [2.05, 4.69) is 6.08 Å². The fraction of sp³-hybridized carbons (Fsp3) is 0.857. The summed E-state index contributed by atoms with van der Waals surface area (Å²) >= 11 is 0. The summed E-state index contributed by atoms with van der Waals surface area (Å²) in [5.74, 6) is 3.05. The molecule has 0 aromatic rings. The zero-order chi connectivity index (χ0) is 10.3. The third kappa shape index (κ3) is 1.99. The maximum Gasteiger partial charge on any atom is 0.00761 e. The van der Waals surface area contributed by atoms with Crippen LogP contribution in [0.2, 0.25) is 0 Å². The van der Waals surface area contributed by atoms with Crippen LogP contribution in [-0.4, -0.2) is 6.04 Å². The molecule has 3 aliphatic rings. The minimum absolute atomic E-state index is 0.462. The Kier molecular flexibility index (Phi) is 2.59. The molecular formula is C14H23N. The lowest BCUT2D eigenvalue weighted by Gasteiger charge is -2.24. The molecule has 0 saturated heterocycles. The van der Waals surface area contributed by atoms with Gasteiger partial charge in [0.1, 0.15) is 0 Å². The van der Waals surface area contributed by atoms with Gasteiger partial charge in [-0.15, -0.1) is 0 Å². The molecule has 3 rings (SSSR count). The van der Waals surface area contributed by atoms with Crippen molar-refractivity contribution in [3.05, 3.63) is 11.6 Å². The van der Waals surface area contributed by atoms with Crippen LogP contribution in [0.25, 0.3) is 0 Å². The van der Waals surface area contributed by atoms with Crippen molar-refractivity contribution in [1.82, 2.24) is 0 Å². The van der Waals surface area contributed by atoms with Crippen LogP contribution in [0.1, 0.15) is 51.4 Å². The van der Waals surface area contributed by atoms with Crippen LogP contribution in [-0.2, 0) is 0 Å². The smallest absolute Gasteiger partial charge is 0.00761 e. The highest BCUT2D eigenvalue weighted by molar-refractivity contribution is 5.12. The Morgan fingerprint density at radius 1 is 1.13 bits per heavy atom. The molecule has 3 saturated carbocycles. The van der Waals surface area contributed by atoms with Crippen molar-refractivity contribution in [3.63, 3.8) is 0 Å². The molecule has 1 nitrogen and oxygen atoms in total. The first-order valence-corrected chi connectivity index (χ1v) is 6.76. The molecule has 0 heterocycles. The summed E-state index contributed by atoms with van der Waals surface area (Å²) < 4.78 is 0. The van der Waals surface area contributed by atoms with E-state index in [1.54, 1.807) is 5.57 Å². The SMILES string of the molecule is NC1CCCC(=CC2CC3CCC2C3)C1. The van der Waals surface area contributed by atoms with Crippen molar-refractivity contribution < 1.29 is 0 Å². The molecule has 0 aliphatic heterocycles. The lowest BCUT2D eigenvalue weighted by molar-refractivity contribution is 0.388. The van der Waals surface area contributed by atoms with Crippen LogP contribution < -0.4 is 5.73 Å². The van der Waals surface area contributed by atoms with Gasteiger partial charge in [-0.05, 0) is 62.7 Å². The third-order valence-electron chi connectivity index (χ3n) is 4.84. The van der Waals surface area contributed by atoms with Gasteiger partial charge in [-0.25, -0.2) is 0 Å². The lowest BCUT2D eigenvalue weighted by Crippen LogP contribution is -2.24. The Labute approximate surface area is 93.1 Å². The summed E-state index contributed by atoms with van der Waals surface area (Å²) in [6.45, 7) is 0. The molecule has 3 fully saturated rings. The van der Waals surface area contributed by atoms with Crippen molar-refractivity contribution in [3.8, 4) is 0 Å². The molecule has 15 heavy (non-hydrogen) atoms. The fourth-order valence-corrected chi connectivity index (χ4v) is 4.08. The molecule has 84 valence electrons. The van der Waals surface area contributed by atoms with E-state index >= 15 is 0 Å². The normalized spacial score (nSPS) is 47.7. The van der Waals surface area contributed by atoms with E-state index < -0.39 is 0 Å². The van der Waals surface area contributed by atoms with Crippen molar-refractivity contribution in [2.24, 2.45) is 23.5 Å². The average Bonchev–Trinajstić information content (AvgIpc) is 2.79. The summed E-state index contributed by atoms with van der Waals surface area (Å²) in [4.78, 5) is 0. The first-order chi connectivity index (χ1) is 7.31. The van der Waals surface area contributed by atoms with Crippen LogP contribution in [0.3, 0.4) is 0 Å². The molecule has 0 spiro atoms. The molecular weight excluding hydrogens is 182 g/mol. The Morgan fingerprint density at radius 2 is 2.07 bits per heavy atom. The largest absolute Gasteiger partial charge is 0.327 e. The Bertz CT molecular complexity index is 269. The van der Waals surface area contributed by atoms with E-state index in [4.69, 9.17) is 5.73 Å². The van der Waals surface area contributed by atoms with Gasteiger partial charge in [0.15, 0.2) is 0 Å². The molecule has 4 unspecified atom stereocenters. The van der Waals surface area contributed by atoms with Gasteiger partial charge in [-0.1, -0.05) is 18.1 Å². The van der Waals surface area contributed by atoms with Gasteiger partial charge >= 0.3 is 0 Å². The average molecular weight is 205 g/mol. The summed E-state index contributed by atoms with van der Waals surface area (Å²) in [7, 11) is 0. The first-order valence-electron chi connectivity index (χ1n) is 6.76. The zero-order valence-corrected chi connectivity index (χ0v) is 9.62. The van der Waals surface area contributed by atoms with E-state index in [0.717, 1.165) is 17.8 Å². The maximum atomic E-state index is 6.03. The predicted molar refractivity (Wildman–Crippen MR) is 63.5 cm³/mol. The van der Waals surface area contributed by atoms with Crippen molar-refractivity contribution in [1.29, 1.82) is 0 Å². The number of nitrogens with two attached hydrogens (primary N) is 1. The van der Waals surface area contributed by atoms with Gasteiger partial charge in [-0.3, -0.25) is 0 Å². The van der Waals surface area contributed by atoms with Crippen LogP contribution >= 0.6 is 0 Å². The van der Waals surface area contributed by atoms with Gasteiger partial charge in [0.25, 0.3) is 0 Å². The van der Waals surface area contributed by atoms with Crippen molar-refractivity contribution >= 4 is 0 Å². The molecule has 2 bridgehead atoms. The molecule has 4 atom stereocenters. The topological polar surface area (TPSA) is 26.0 Å². The highest BCUT2D eigenvalue weighted by atomic mass is 14.6. The maximum absolute atomic E-state index is 6.03. The van der Waals surface area contributed by atoms with Crippen LogP contribution in [0.15, 0.2) is 11.6 Å². The second-order valence-corrected chi connectivity index (χ2v) is 6.02. The van der Waals surface area contributed by atoms with E-state index in [-0.39, 0.29) is 0 Å². The highest BCUT2D eigenvalue weighted by Crippen LogP contribution is 2.49. The lowest BCUT2D eigenvalue weighted by atomic mass is 9.83. The number of hydrogen-bond acceptors (Lipinski definition) is 1. The Balaban J connectivity index is 1.65. The zero-order valence-electron chi connectivity index (χ0n) is 9.62. The molecule has 0 aromatic heterocycles. The number of allylic oxidation sites excluding steroid dienone is 1. The standard InChI is InChI=1S/C14H23N/c15-14-3-1-2-10(9-14)7-13-8-11-4-5-12(13)6-11/h7,11-14H,1-6,8-9,15H2. The third-order valence-corrected chi connectivity index (χ3v) is 4.84. The molecule has 0 radical (unpaired) electrons.